The van der Waals surface area contributed by atoms with Gasteiger partial charge < -0.3 is 5.11 Å². The molecule has 2 atom stereocenters. The van der Waals surface area contributed by atoms with Crippen LogP contribution in [-0.4, -0.2) is 31.7 Å². The van der Waals surface area contributed by atoms with Crippen LogP contribution in [0, 0.1) is 18.8 Å². The number of aliphatic hydroxyl groups excluding tert-OH is 1. The molecule has 0 spiro atoms. The minimum absolute atomic E-state index is 0.123. The van der Waals surface area contributed by atoms with Gasteiger partial charge in [0.25, 0.3) is 10.0 Å². The number of hydrogen-bond acceptors (Lipinski definition) is 5. The molecule has 1 aromatic heterocycles. The number of aryl methyl sites for hydroxylation is 1. The van der Waals surface area contributed by atoms with E-state index in [0.29, 0.717) is 12.2 Å². The van der Waals surface area contributed by atoms with Crippen LogP contribution < -0.4 is 4.72 Å². The van der Waals surface area contributed by atoms with Crippen LogP contribution >= 0.6 is 22.9 Å². The monoisotopic (exact) mass is 338 g/mol. The largest absolute Gasteiger partial charge is 0.396 e. The smallest absolute Gasteiger partial charge is 0.251 e. The third kappa shape index (κ3) is 3.71. The van der Waals surface area contributed by atoms with Crippen LogP contribution in [0.15, 0.2) is 4.21 Å². The van der Waals surface area contributed by atoms with Gasteiger partial charge in [0.1, 0.15) is 0 Å². The fourth-order valence-corrected chi connectivity index (χ4v) is 5.55. The lowest BCUT2D eigenvalue weighted by Crippen LogP contribution is -2.35. The van der Waals surface area contributed by atoms with Crippen LogP contribution in [0.4, 0.5) is 0 Å². The SMILES string of the molecule is Cc1nc(Cl)sc1S(=O)(=O)NCC1CCCCC1CO. The van der Waals surface area contributed by atoms with Gasteiger partial charge in [-0.2, -0.15) is 0 Å². The lowest BCUT2D eigenvalue weighted by molar-refractivity contribution is 0.136. The summed E-state index contributed by atoms with van der Waals surface area (Å²) in [6.45, 7) is 2.12. The molecule has 2 unspecified atom stereocenters. The second kappa shape index (κ2) is 6.70. The molecule has 0 amide bonds. The highest BCUT2D eigenvalue weighted by atomic mass is 35.5. The van der Waals surface area contributed by atoms with E-state index in [1.54, 1.807) is 6.92 Å². The highest BCUT2D eigenvalue weighted by Gasteiger charge is 2.27. The van der Waals surface area contributed by atoms with Crippen molar-refractivity contribution < 1.29 is 13.5 Å². The number of nitrogens with one attached hydrogen (secondary N) is 1. The van der Waals surface area contributed by atoms with Crippen molar-refractivity contribution in [1.29, 1.82) is 0 Å². The third-order valence-corrected chi connectivity index (χ3v) is 7.10. The summed E-state index contributed by atoms with van der Waals surface area (Å²) in [6.07, 6.45) is 4.12. The molecular weight excluding hydrogens is 320 g/mol. The Morgan fingerprint density at radius 3 is 2.60 bits per heavy atom. The molecule has 0 aromatic carbocycles. The van der Waals surface area contributed by atoms with Crippen molar-refractivity contribution in [2.24, 2.45) is 11.8 Å². The zero-order valence-electron chi connectivity index (χ0n) is 11.3. The number of hydrogen-bond donors (Lipinski definition) is 2. The van der Waals surface area contributed by atoms with Crippen molar-refractivity contribution >= 4 is 33.0 Å². The van der Waals surface area contributed by atoms with Crippen molar-refractivity contribution in [1.82, 2.24) is 9.71 Å². The zero-order chi connectivity index (χ0) is 14.8. The van der Waals surface area contributed by atoms with Crippen molar-refractivity contribution in [3.05, 3.63) is 10.2 Å². The molecule has 114 valence electrons. The van der Waals surface area contributed by atoms with Gasteiger partial charge in [-0.1, -0.05) is 35.8 Å². The average molecular weight is 339 g/mol. The molecule has 8 heteroatoms. The quantitative estimate of drug-likeness (QED) is 0.862. The number of sulfonamides is 1. The average Bonchev–Trinajstić information content (AvgIpc) is 2.76. The van der Waals surface area contributed by atoms with E-state index in [1.165, 1.54) is 0 Å². The maximum atomic E-state index is 12.2. The third-order valence-electron chi connectivity index (χ3n) is 3.81. The fourth-order valence-electron chi connectivity index (χ4n) is 2.68. The van der Waals surface area contributed by atoms with Gasteiger partial charge in [0, 0.05) is 13.2 Å². The lowest BCUT2D eigenvalue weighted by atomic mass is 9.80. The van der Waals surface area contributed by atoms with E-state index < -0.39 is 10.0 Å². The second-order valence-corrected chi connectivity index (χ2v) is 8.72. The van der Waals surface area contributed by atoms with Crippen LogP contribution in [0.1, 0.15) is 31.4 Å². The van der Waals surface area contributed by atoms with Gasteiger partial charge in [-0.15, -0.1) is 0 Å². The van der Waals surface area contributed by atoms with E-state index in [-0.39, 0.29) is 27.1 Å². The van der Waals surface area contributed by atoms with Crippen molar-refractivity contribution in [2.45, 2.75) is 36.8 Å². The normalized spacial score (nSPS) is 23.9. The summed E-state index contributed by atoms with van der Waals surface area (Å²) in [6, 6.07) is 0. The Labute approximate surface area is 128 Å². The maximum Gasteiger partial charge on any atom is 0.251 e. The Hall–Kier alpha value is -0.210. The van der Waals surface area contributed by atoms with Gasteiger partial charge in [-0.3, -0.25) is 0 Å². The fraction of sp³-hybridized carbons (Fsp3) is 0.750. The molecule has 2 N–H and O–H groups in total. The number of rotatable bonds is 5. The van der Waals surface area contributed by atoms with Crippen molar-refractivity contribution in [3.63, 3.8) is 0 Å². The number of aliphatic hydroxyl groups is 1. The highest BCUT2D eigenvalue weighted by molar-refractivity contribution is 7.91. The lowest BCUT2D eigenvalue weighted by Gasteiger charge is -2.30. The van der Waals surface area contributed by atoms with Gasteiger partial charge in [-0.25, -0.2) is 18.1 Å². The van der Waals surface area contributed by atoms with E-state index in [4.69, 9.17) is 11.6 Å². The molecule has 0 aliphatic heterocycles. The molecule has 0 radical (unpaired) electrons. The maximum absolute atomic E-state index is 12.2. The van der Waals surface area contributed by atoms with Gasteiger partial charge in [0.2, 0.25) is 0 Å². The first kappa shape index (κ1) is 16.2. The van der Waals surface area contributed by atoms with Crippen LogP contribution in [0.25, 0.3) is 0 Å². The first-order chi connectivity index (χ1) is 9.44. The van der Waals surface area contributed by atoms with Crippen LogP contribution in [0.5, 0.6) is 0 Å². The molecule has 1 aliphatic rings. The summed E-state index contributed by atoms with van der Waals surface area (Å²) in [5.74, 6) is 0.393. The van der Waals surface area contributed by atoms with Gasteiger partial charge in [-0.05, 0) is 31.6 Å². The molecule has 1 aliphatic carbocycles. The predicted octanol–water partition coefficient (Wildman–Crippen LogP) is 2.18. The van der Waals surface area contributed by atoms with Crippen molar-refractivity contribution in [2.75, 3.05) is 13.2 Å². The molecule has 5 nitrogen and oxygen atoms in total. The molecule has 20 heavy (non-hydrogen) atoms. The van der Waals surface area contributed by atoms with Crippen LogP contribution in [0.2, 0.25) is 4.47 Å². The first-order valence-corrected chi connectivity index (χ1v) is 9.35. The molecule has 0 bridgehead atoms. The summed E-state index contributed by atoms with van der Waals surface area (Å²) >= 11 is 6.72. The van der Waals surface area contributed by atoms with Gasteiger partial charge in [0.15, 0.2) is 8.68 Å². The summed E-state index contributed by atoms with van der Waals surface area (Å²) < 4.78 is 27.5. The molecule has 1 heterocycles. The summed E-state index contributed by atoms with van der Waals surface area (Å²) in [4.78, 5) is 3.93. The topological polar surface area (TPSA) is 79.3 Å². The summed E-state index contributed by atoms with van der Waals surface area (Å²) in [5.41, 5.74) is 0.426. The van der Waals surface area contributed by atoms with Crippen LogP contribution in [-0.2, 0) is 10.0 Å². The van der Waals surface area contributed by atoms with Crippen molar-refractivity contribution in [3.8, 4) is 0 Å². The van der Waals surface area contributed by atoms with Crippen LogP contribution in [0.3, 0.4) is 0 Å². The molecule has 1 fully saturated rings. The molecule has 2 rings (SSSR count). The summed E-state index contributed by atoms with van der Waals surface area (Å²) in [5, 5.41) is 9.35. The number of halogens is 1. The summed E-state index contributed by atoms with van der Waals surface area (Å²) in [7, 11) is -3.56. The Kier molecular flexibility index (Phi) is 5.42. The minimum atomic E-state index is -3.56. The number of aromatic nitrogens is 1. The minimum Gasteiger partial charge on any atom is -0.396 e. The zero-order valence-corrected chi connectivity index (χ0v) is 13.7. The predicted molar refractivity (Wildman–Crippen MR) is 79.6 cm³/mol. The standard InChI is InChI=1S/C12H19ClN2O3S2/c1-8-11(19-12(13)15-8)20(17,18)14-6-9-4-2-3-5-10(9)7-16/h9-10,14,16H,2-7H2,1H3. The van der Waals surface area contributed by atoms with Gasteiger partial charge >= 0.3 is 0 Å². The molecular formula is C12H19ClN2O3S2. The first-order valence-electron chi connectivity index (χ1n) is 6.67. The second-order valence-electron chi connectivity index (χ2n) is 5.18. The van der Waals surface area contributed by atoms with E-state index in [1.807, 2.05) is 0 Å². The van der Waals surface area contributed by atoms with E-state index in [2.05, 4.69) is 9.71 Å². The van der Waals surface area contributed by atoms with E-state index in [9.17, 15) is 13.5 Å². The Morgan fingerprint density at radius 2 is 2.05 bits per heavy atom. The Morgan fingerprint density at radius 1 is 1.40 bits per heavy atom. The molecule has 1 aromatic rings. The van der Waals surface area contributed by atoms with E-state index >= 15 is 0 Å². The Balaban J connectivity index is 2.03. The highest BCUT2D eigenvalue weighted by Crippen LogP contribution is 2.30. The molecule has 0 saturated heterocycles. The number of nitrogens with zero attached hydrogens (tertiary/aromatic N) is 1. The van der Waals surface area contributed by atoms with E-state index in [0.717, 1.165) is 37.0 Å². The van der Waals surface area contributed by atoms with Gasteiger partial charge in [0.05, 0.1) is 5.69 Å². The Bertz CT molecular complexity index is 559. The molecule has 1 saturated carbocycles. The number of thiazole rings is 1.